The van der Waals surface area contributed by atoms with E-state index in [2.05, 4.69) is 12.2 Å². The Balaban J connectivity index is 2.29. The van der Waals surface area contributed by atoms with E-state index in [9.17, 15) is 9.59 Å². The highest BCUT2D eigenvalue weighted by Crippen LogP contribution is 2.04. The first-order valence-corrected chi connectivity index (χ1v) is 5.73. The summed E-state index contributed by atoms with van der Waals surface area (Å²) >= 11 is 0. The number of rotatable bonds is 5. The van der Waals surface area contributed by atoms with Crippen LogP contribution in [0.25, 0.3) is 0 Å². The summed E-state index contributed by atoms with van der Waals surface area (Å²) in [6.07, 6.45) is 2.81. The number of hydrogen-bond acceptors (Lipinski definition) is 3. The Hall–Kier alpha value is -1.30. The average Bonchev–Trinajstić information content (AvgIpc) is 2.25. The van der Waals surface area contributed by atoms with Gasteiger partial charge >= 0.3 is 6.03 Å². The molecule has 0 aromatic rings. The zero-order valence-electron chi connectivity index (χ0n) is 9.74. The molecule has 1 fully saturated rings. The summed E-state index contributed by atoms with van der Waals surface area (Å²) in [5, 5.41) is 3.93. The fourth-order valence-electron chi connectivity index (χ4n) is 1.59. The molecule has 3 N–H and O–H groups in total. The van der Waals surface area contributed by atoms with Gasteiger partial charge in [0, 0.05) is 19.6 Å². The van der Waals surface area contributed by atoms with Crippen LogP contribution in [0.3, 0.4) is 0 Å². The van der Waals surface area contributed by atoms with Gasteiger partial charge in [-0.2, -0.15) is 0 Å². The first-order chi connectivity index (χ1) is 7.65. The van der Waals surface area contributed by atoms with E-state index in [1.165, 1.54) is 4.90 Å². The van der Waals surface area contributed by atoms with Crippen LogP contribution in [0.15, 0.2) is 0 Å². The minimum atomic E-state index is -0.267. The van der Waals surface area contributed by atoms with Crippen LogP contribution in [0.1, 0.15) is 26.2 Å². The second-order valence-corrected chi connectivity index (χ2v) is 3.95. The molecule has 0 atom stereocenters. The van der Waals surface area contributed by atoms with Crippen LogP contribution in [0.5, 0.6) is 0 Å². The number of unbranched alkanes of at least 4 members (excludes halogenated alkanes) is 1. The Kier molecular flexibility index (Phi) is 5.04. The summed E-state index contributed by atoms with van der Waals surface area (Å²) in [5.41, 5.74) is 0. The molecule has 6 nitrogen and oxygen atoms in total. The lowest BCUT2D eigenvalue weighted by atomic mass is 10.3. The first kappa shape index (κ1) is 12.8. The molecular formula is C10H20N4O2. The topological polar surface area (TPSA) is 78.7 Å². The normalized spacial score (nSPS) is 16.5. The lowest BCUT2D eigenvalue weighted by Gasteiger charge is -2.32. The van der Waals surface area contributed by atoms with Crippen molar-refractivity contribution in [1.82, 2.24) is 15.2 Å². The van der Waals surface area contributed by atoms with E-state index in [4.69, 9.17) is 5.84 Å². The van der Waals surface area contributed by atoms with Crippen molar-refractivity contribution in [2.24, 2.45) is 5.84 Å². The molecule has 1 aliphatic heterocycles. The van der Waals surface area contributed by atoms with Gasteiger partial charge in [0.15, 0.2) is 0 Å². The number of nitrogens with two attached hydrogens (primary N) is 1. The van der Waals surface area contributed by atoms with Crippen molar-refractivity contribution in [2.75, 3.05) is 26.2 Å². The zero-order valence-corrected chi connectivity index (χ0v) is 9.74. The molecule has 16 heavy (non-hydrogen) atoms. The van der Waals surface area contributed by atoms with Crippen molar-refractivity contribution in [3.8, 4) is 0 Å². The molecule has 0 aromatic carbocycles. The standard InChI is InChI=1S/C10H20N4O2/c1-2-3-5-12-9(15)8-13-6-4-7-14(11)10(13)16/h2-8,11H2,1H3,(H,12,15). The molecule has 1 heterocycles. The monoisotopic (exact) mass is 228 g/mol. The Morgan fingerprint density at radius 1 is 1.50 bits per heavy atom. The number of nitrogens with one attached hydrogen (secondary N) is 1. The molecule has 0 aromatic heterocycles. The quantitative estimate of drug-likeness (QED) is 0.392. The molecule has 0 bridgehead atoms. The zero-order chi connectivity index (χ0) is 12.0. The third kappa shape index (κ3) is 3.69. The SMILES string of the molecule is CCCCNC(=O)CN1CCCN(N)C1=O. The van der Waals surface area contributed by atoms with Crippen LogP contribution in [0.2, 0.25) is 0 Å². The number of carbonyl (C=O) groups is 2. The molecule has 1 aliphatic rings. The third-order valence-corrected chi connectivity index (χ3v) is 2.53. The molecule has 0 radical (unpaired) electrons. The number of urea groups is 1. The van der Waals surface area contributed by atoms with Crippen LogP contribution in [-0.2, 0) is 4.79 Å². The van der Waals surface area contributed by atoms with Gasteiger partial charge in [-0.15, -0.1) is 0 Å². The van der Waals surface area contributed by atoms with Gasteiger partial charge < -0.3 is 10.2 Å². The summed E-state index contributed by atoms with van der Waals surface area (Å²) in [6.45, 7) is 4.01. The van der Waals surface area contributed by atoms with Gasteiger partial charge in [0.1, 0.15) is 6.54 Å². The van der Waals surface area contributed by atoms with Gasteiger partial charge in [-0.1, -0.05) is 13.3 Å². The maximum Gasteiger partial charge on any atom is 0.334 e. The molecule has 92 valence electrons. The third-order valence-electron chi connectivity index (χ3n) is 2.53. The van der Waals surface area contributed by atoms with Gasteiger partial charge in [-0.25, -0.2) is 10.6 Å². The summed E-state index contributed by atoms with van der Waals surface area (Å²) in [4.78, 5) is 24.5. The van der Waals surface area contributed by atoms with E-state index in [0.29, 0.717) is 19.6 Å². The largest absolute Gasteiger partial charge is 0.355 e. The lowest BCUT2D eigenvalue weighted by molar-refractivity contribution is -0.122. The average molecular weight is 228 g/mol. The molecular weight excluding hydrogens is 208 g/mol. The van der Waals surface area contributed by atoms with Crippen LogP contribution in [0.4, 0.5) is 4.79 Å². The summed E-state index contributed by atoms with van der Waals surface area (Å²) in [5.74, 6) is 5.36. The van der Waals surface area contributed by atoms with E-state index in [1.807, 2.05) is 0 Å². The fourth-order valence-corrected chi connectivity index (χ4v) is 1.59. The molecule has 0 saturated carbocycles. The second-order valence-electron chi connectivity index (χ2n) is 3.95. The van der Waals surface area contributed by atoms with Crippen molar-refractivity contribution < 1.29 is 9.59 Å². The van der Waals surface area contributed by atoms with E-state index < -0.39 is 0 Å². The van der Waals surface area contributed by atoms with E-state index >= 15 is 0 Å². The molecule has 1 saturated heterocycles. The van der Waals surface area contributed by atoms with Crippen molar-refractivity contribution in [2.45, 2.75) is 26.2 Å². The molecule has 0 aliphatic carbocycles. The number of hydrogen-bond donors (Lipinski definition) is 2. The Labute approximate surface area is 95.7 Å². The number of nitrogens with zero attached hydrogens (tertiary/aromatic N) is 2. The van der Waals surface area contributed by atoms with Gasteiger partial charge in [-0.05, 0) is 12.8 Å². The van der Waals surface area contributed by atoms with Crippen molar-refractivity contribution in [3.63, 3.8) is 0 Å². The van der Waals surface area contributed by atoms with E-state index in [-0.39, 0.29) is 18.5 Å². The van der Waals surface area contributed by atoms with Crippen molar-refractivity contribution >= 4 is 11.9 Å². The number of carbonyl (C=O) groups excluding carboxylic acids is 2. The predicted octanol–water partition coefficient (Wildman–Crippen LogP) is -0.0959. The number of amides is 3. The minimum Gasteiger partial charge on any atom is -0.355 e. The number of hydrazine groups is 1. The Bertz CT molecular complexity index is 257. The molecule has 0 spiro atoms. The first-order valence-electron chi connectivity index (χ1n) is 5.73. The van der Waals surface area contributed by atoms with Gasteiger partial charge in [0.05, 0.1) is 0 Å². The van der Waals surface area contributed by atoms with Crippen LogP contribution in [0, 0.1) is 0 Å². The molecule has 0 unspecified atom stereocenters. The van der Waals surface area contributed by atoms with Gasteiger partial charge in [0.2, 0.25) is 5.91 Å². The predicted molar refractivity (Wildman–Crippen MR) is 60.4 cm³/mol. The lowest BCUT2D eigenvalue weighted by Crippen LogP contribution is -2.54. The highest BCUT2D eigenvalue weighted by atomic mass is 16.2. The van der Waals surface area contributed by atoms with E-state index in [1.54, 1.807) is 0 Å². The molecule has 6 heteroatoms. The van der Waals surface area contributed by atoms with Crippen molar-refractivity contribution in [3.05, 3.63) is 0 Å². The minimum absolute atomic E-state index is 0.107. The van der Waals surface area contributed by atoms with Crippen LogP contribution in [-0.4, -0.2) is 48.0 Å². The summed E-state index contributed by atoms with van der Waals surface area (Å²) in [6, 6.07) is -0.267. The van der Waals surface area contributed by atoms with Crippen LogP contribution >= 0.6 is 0 Å². The maximum absolute atomic E-state index is 11.5. The molecule has 1 rings (SSSR count). The van der Waals surface area contributed by atoms with Crippen molar-refractivity contribution in [1.29, 1.82) is 0 Å². The highest BCUT2D eigenvalue weighted by molar-refractivity contribution is 5.84. The Morgan fingerprint density at radius 3 is 2.94 bits per heavy atom. The molecule has 3 amide bonds. The highest BCUT2D eigenvalue weighted by Gasteiger charge is 2.24. The smallest absolute Gasteiger partial charge is 0.334 e. The Morgan fingerprint density at radius 2 is 2.25 bits per heavy atom. The van der Waals surface area contributed by atoms with Gasteiger partial charge in [0.25, 0.3) is 0 Å². The maximum atomic E-state index is 11.5. The van der Waals surface area contributed by atoms with E-state index in [0.717, 1.165) is 24.3 Å². The van der Waals surface area contributed by atoms with Gasteiger partial charge in [-0.3, -0.25) is 9.80 Å². The second kappa shape index (κ2) is 6.32. The van der Waals surface area contributed by atoms with Crippen LogP contribution < -0.4 is 11.2 Å². The summed E-state index contributed by atoms with van der Waals surface area (Å²) in [7, 11) is 0. The summed E-state index contributed by atoms with van der Waals surface area (Å²) < 4.78 is 0. The fraction of sp³-hybridized carbons (Fsp3) is 0.800.